The molecule has 0 aliphatic heterocycles. The van der Waals surface area contributed by atoms with Crippen molar-refractivity contribution in [2.45, 2.75) is 13.5 Å². The van der Waals surface area contributed by atoms with Crippen LogP contribution in [-0.4, -0.2) is 19.7 Å². The SMILES string of the molecule is COC(=O)c1ccc[n+](CCOc2cccc(C)c2)c1.[I-]. The Kier molecular flexibility index (Phi) is 7.14. The summed E-state index contributed by atoms with van der Waals surface area (Å²) in [6.07, 6.45) is 3.65. The topological polar surface area (TPSA) is 39.4 Å². The Morgan fingerprint density at radius 3 is 2.76 bits per heavy atom. The summed E-state index contributed by atoms with van der Waals surface area (Å²) < 4.78 is 12.3. The highest BCUT2D eigenvalue weighted by atomic mass is 127. The highest BCUT2D eigenvalue weighted by molar-refractivity contribution is 5.88. The van der Waals surface area contributed by atoms with E-state index in [-0.39, 0.29) is 29.9 Å². The van der Waals surface area contributed by atoms with Crippen molar-refractivity contribution >= 4 is 5.97 Å². The van der Waals surface area contributed by atoms with Gasteiger partial charge in [0.15, 0.2) is 18.9 Å². The zero-order valence-electron chi connectivity index (χ0n) is 12.1. The number of hydrogen-bond acceptors (Lipinski definition) is 3. The van der Waals surface area contributed by atoms with Crippen molar-refractivity contribution in [2.24, 2.45) is 0 Å². The molecule has 1 aromatic carbocycles. The fraction of sp³-hybridized carbons (Fsp3) is 0.250. The number of rotatable bonds is 5. The van der Waals surface area contributed by atoms with Gasteiger partial charge >= 0.3 is 5.97 Å². The summed E-state index contributed by atoms with van der Waals surface area (Å²) in [5.41, 5.74) is 1.70. The molecule has 1 heterocycles. The smallest absolute Gasteiger partial charge is 0.343 e. The van der Waals surface area contributed by atoms with Crippen molar-refractivity contribution in [1.29, 1.82) is 0 Å². The van der Waals surface area contributed by atoms with Gasteiger partial charge in [-0.05, 0) is 30.7 Å². The Morgan fingerprint density at radius 1 is 1.24 bits per heavy atom. The van der Waals surface area contributed by atoms with Crippen molar-refractivity contribution in [1.82, 2.24) is 0 Å². The van der Waals surface area contributed by atoms with Gasteiger partial charge in [0.05, 0.1) is 7.11 Å². The summed E-state index contributed by atoms with van der Waals surface area (Å²) in [6, 6.07) is 11.5. The zero-order valence-corrected chi connectivity index (χ0v) is 14.2. The first-order valence-corrected chi connectivity index (χ1v) is 6.46. The molecular formula is C16H18INO3. The predicted octanol–water partition coefficient (Wildman–Crippen LogP) is -0.848. The number of methoxy groups -OCH3 is 1. The summed E-state index contributed by atoms with van der Waals surface area (Å²) in [5, 5.41) is 0. The number of pyridine rings is 1. The summed E-state index contributed by atoms with van der Waals surface area (Å²) in [4.78, 5) is 11.4. The normalized spacial score (nSPS) is 9.62. The van der Waals surface area contributed by atoms with E-state index in [1.807, 2.05) is 48.0 Å². The molecule has 0 aliphatic carbocycles. The standard InChI is InChI=1S/C16H18NO3.HI/c1-13-5-3-7-15(11-13)20-10-9-17-8-4-6-14(12-17)16(18)19-2;/h3-8,11-12H,9-10H2,1-2H3;1H/q+1;/p-1. The summed E-state index contributed by atoms with van der Waals surface area (Å²) in [6.45, 7) is 3.24. The van der Waals surface area contributed by atoms with Gasteiger partial charge in [0, 0.05) is 6.07 Å². The predicted molar refractivity (Wildman–Crippen MR) is 74.7 cm³/mol. The maximum absolute atomic E-state index is 11.4. The first-order chi connectivity index (χ1) is 9.69. The minimum absolute atomic E-state index is 0. The van der Waals surface area contributed by atoms with Crippen molar-refractivity contribution in [3.63, 3.8) is 0 Å². The summed E-state index contributed by atoms with van der Waals surface area (Å²) >= 11 is 0. The van der Waals surface area contributed by atoms with Crippen LogP contribution in [0.2, 0.25) is 0 Å². The molecule has 0 fully saturated rings. The highest BCUT2D eigenvalue weighted by Crippen LogP contribution is 2.11. The van der Waals surface area contributed by atoms with Crippen molar-refractivity contribution in [2.75, 3.05) is 13.7 Å². The Hall–Kier alpha value is -1.63. The summed E-state index contributed by atoms with van der Waals surface area (Å²) in [5.74, 6) is 0.522. The van der Waals surface area contributed by atoms with E-state index in [0.29, 0.717) is 18.7 Å². The second-order valence-electron chi connectivity index (χ2n) is 4.49. The Balaban J connectivity index is 0.00000220. The van der Waals surface area contributed by atoms with E-state index in [4.69, 9.17) is 9.47 Å². The zero-order chi connectivity index (χ0) is 14.4. The van der Waals surface area contributed by atoms with E-state index in [9.17, 15) is 4.79 Å². The van der Waals surface area contributed by atoms with Gasteiger partial charge in [-0.15, -0.1) is 0 Å². The molecule has 21 heavy (non-hydrogen) atoms. The van der Waals surface area contributed by atoms with Crippen LogP contribution >= 0.6 is 0 Å². The summed E-state index contributed by atoms with van der Waals surface area (Å²) in [7, 11) is 1.38. The number of aromatic nitrogens is 1. The molecule has 0 radical (unpaired) electrons. The molecule has 0 amide bonds. The number of carbonyl (C=O) groups is 1. The molecule has 2 rings (SSSR count). The quantitative estimate of drug-likeness (QED) is 0.374. The van der Waals surface area contributed by atoms with Gasteiger partial charge in [0.1, 0.15) is 17.9 Å². The number of nitrogens with zero attached hydrogens (tertiary/aromatic N) is 1. The number of carbonyl (C=O) groups excluding carboxylic acids is 1. The lowest BCUT2D eigenvalue weighted by Crippen LogP contribution is -3.00. The molecule has 0 saturated heterocycles. The van der Waals surface area contributed by atoms with Crippen LogP contribution in [0.5, 0.6) is 5.75 Å². The molecule has 4 nitrogen and oxygen atoms in total. The molecule has 0 spiro atoms. The van der Waals surface area contributed by atoms with Crippen LogP contribution in [0.4, 0.5) is 0 Å². The van der Waals surface area contributed by atoms with Gasteiger partial charge in [0.25, 0.3) is 0 Å². The van der Waals surface area contributed by atoms with Crippen molar-refractivity contribution < 1.29 is 42.8 Å². The number of aryl methyl sites for hydroxylation is 1. The van der Waals surface area contributed by atoms with E-state index < -0.39 is 0 Å². The van der Waals surface area contributed by atoms with Gasteiger partial charge in [-0.3, -0.25) is 0 Å². The van der Waals surface area contributed by atoms with Gasteiger partial charge in [-0.25, -0.2) is 9.36 Å². The fourth-order valence-electron chi connectivity index (χ4n) is 1.87. The molecule has 112 valence electrons. The van der Waals surface area contributed by atoms with E-state index in [2.05, 4.69) is 0 Å². The first kappa shape index (κ1) is 17.4. The molecule has 2 aromatic rings. The van der Waals surface area contributed by atoms with Gasteiger partial charge in [0.2, 0.25) is 0 Å². The minimum Gasteiger partial charge on any atom is -1.00 e. The van der Waals surface area contributed by atoms with Crippen LogP contribution in [0.15, 0.2) is 48.8 Å². The third-order valence-corrected chi connectivity index (χ3v) is 2.89. The van der Waals surface area contributed by atoms with E-state index >= 15 is 0 Å². The number of benzene rings is 1. The molecular weight excluding hydrogens is 381 g/mol. The second-order valence-corrected chi connectivity index (χ2v) is 4.49. The lowest BCUT2D eigenvalue weighted by atomic mass is 10.2. The third kappa shape index (κ3) is 5.34. The molecule has 0 saturated carbocycles. The van der Waals surface area contributed by atoms with E-state index in [1.165, 1.54) is 12.7 Å². The van der Waals surface area contributed by atoms with Crippen LogP contribution in [0.1, 0.15) is 15.9 Å². The molecule has 0 atom stereocenters. The van der Waals surface area contributed by atoms with Crippen LogP contribution in [0.3, 0.4) is 0 Å². The average Bonchev–Trinajstić information content (AvgIpc) is 2.47. The van der Waals surface area contributed by atoms with Gasteiger partial charge in [-0.1, -0.05) is 12.1 Å². The Morgan fingerprint density at radius 2 is 2.05 bits per heavy atom. The average molecular weight is 399 g/mol. The van der Waals surface area contributed by atoms with Crippen LogP contribution < -0.4 is 33.3 Å². The number of ether oxygens (including phenoxy) is 2. The van der Waals surface area contributed by atoms with Gasteiger partial charge < -0.3 is 33.5 Å². The number of halogens is 1. The Bertz CT molecular complexity index is 602. The molecule has 5 heteroatoms. The Labute approximate surface area is 141 Å². The number of esters is 1. The van der Waals surface area contributed by atoms with Crippen LogP contribution in [0, 0.1) is 6.92 Å². The lowest BCUT2D eigenvalue weighted by Gasteiger charge is -2.05. The molecule has 0 N–H and O–H groups in total. The molecule has 1 aromatic heterocycles. The first-order valence-electron chi connectivity index (χ1n) is 6.46. The monoisotopic (exact) mass is 399 g/mol. The second kappa shape index (κ2) is 8.61. The minimum atomic E-state index is -0.334. The van der Waals surface area contributed by atoms with Crippen molar-refractivity contribution in [3.05, 3.63) is 59.9 Å². The maximum atomic E-state index is 11.4. The molecule has 0 aliphatic rings. The van der Waals surface area contributed by atoms with Gasteiger partial charge in [-0.2, -0.15) is 0 Å². The van der Waals surface area contributed by atoms with E-state index in [1.54, 1.807) is 12.3 Å². The third-order valence-electron chi connectivity index (χ3n) is 2.89. The van der Waals surface area contributed by atoms with Crippen molar-refractivity contribution in [3.8, 4) is 5.75 Å². The molecule has 0 unspecified atom stereocenters. The highest BCUT2D eigenvalue weighted by Gasteiger charge is 2.10. The van der Waals surface area contributed by atoms with Crippen LogP contribution in [0.25, 0.3) is 0 Å². The lowest BCUT2D eigenvalue weighted by molar-refractivity contribution is -0.697. The number of hydrogen-bond donors (Lipinski definition) is 0. The molecule has 0 bridgehead atoms. The fourth-order valence-corrected chi connectivity index (χ4v) is 1.87. The largest absolute Gasteiger partial charge is 1.00 e. The maximum Gasteiger partial charge on any atom is 0.343 e. The van der Waals surface area contributed by atoms with Crippen LogP contribution in [-0.2, 0) is 11.3 Å². The van der Waals surface area contributed by atoms with E-state index in [0.717, 1.165) is 5.75 Å².